The van der Waals surface area contributed by atoms with Gasteiger partial charge in [-0.25, -0.2) is 17.2 Å². The van der Waals surface area contributed by atoms with E-state index in [1.54, 1.807) is 12.1 Å². The Kier molecular flexibility index (Phi) is 7.68. The monoisotopic (exact) mass is 555 g/mol. The Morgan fingerprint density at radius 1 is 1.08 bits per heavy atom. The summed E-state index contributed by atoms with van der Waals surface area (Å²) in [5.41, 5.74) is 2.05. The van der Waals surface area contributed by atoms with Gasteiger partial charge in [-0.3, -0.25) is 9.78 Å². The van der Waals surface area contributed by atoms with Gasteiger partial charge in [0.15, 0.2) is 11.6 Å². The van der Waals surface area contributed by atoms with Gasteiger partial charge in [0.25, 0.3) is 0 Å². The standard InChI is InChI=1S/C29H31F2N3O4S/c1-19-14-25(16-26(30)28(19)31)39(37,38)34-13-12-27(34)29(36)33(23-8-5-9-24(35)15-23)18-22-11-10-21(17-32-22)20-6-3-2-4-7-20/h5,8-11,14-17,20,27,35H,2-4,6-7,12-13,18H2,1H3/t27-/m1/s1. The number of halogens is 2. The Morgan fingerprint density at radius 3 is 2.46 bits per heavy atom. The molecule has 10 heteroatoms. The minimum Gasteiger partial charge on any atom is -0.508 e. The van der Waals surface area contributed by atoms with Crippen LogP contribution in [-0.4, -0.2) is 41.3 Å². The lowest BCUT2D eigenvalue weighted by Gasteiger charge is -2.41. The highest BCUT2D eigenvalue weighted by Crippen LogP contribution is 2.34. The number of rotatable bonds is 7. The fraction of sp³-hybridized carbons (Fsp3) is 0.379. The number of aryl methyl sites for hydroxylation is 1. The van der Waals surface area contributed by atoms with Crippen molar-refractivity contribution in [2.45, 2.75) is 68.8 Å². The number of benzene rings is 2. The molecule has 39 heavy (non-hydrogen) atoms. The second kappa shape index (κ2) is 11.0. The Morgan fingerprint density at radius 2 is 1.85 bits per heavy atom. The van der Waals surface area contributed by atoms with E-state index in [0.717, 1.165) is 23.2 Å². The summed E-state index contributed by atoms with van der Waals surface area (Å²) >= 11 is 0. The Labute approximate surface area is 227 Å². The van der Waals surface area contributed by atoms with E-state index in [1.165, 1.54) is 48.8 Å². The van der Waals surface area contributed by atoms with E-state index in [9.17, 15) is 27.1 Å². The van der Waals surface area contributed by atoms with Gasteiger partial charge in [-0.15, -0.1) is 0 Å². The van der Waals surface area contributed by atoms with Crippen LogP contribution in [0.3, 0.4) is 0 Å². The van der Waals surface area contributed by atoms with Gasteiger partial charge in [0, 0.05) is 24.5 Å². The molecule has 0 spiro atoms. The number of amides is 1. The average Bonchev–Trinajstić information content (AvgIpc) is 2.90. The SMILES string of the molecule is Cc1cc(S(=O)(=O)N2CC[C@@H]2C(=O)N(Cc2ccc(C3CCCCC3)cn2)c2cccc(O)c2)cc(F)c1F. The number of pyridine rings is 1. The highest BCUT2D eigenvalue weighted by Gasteiger charge is 2.45. The molecule has 1 saturated carbocycles. The molecule has 0 radical (unpaired) electrons. The summed E-state index contributed by atoms with van der Waals surface area (Å²) < 4.78 is 55.5. The van der Waals surface area contributed by atoms with Gasteiger partial charge < -0.3 is 10.0 Å². The summed E-state index contributed by atoms with van der Waals surface area (Å²) in [7, 11) is -4.26. The van der Waals surface area contributed by atoms with Crippen LogP contribution >= 0.6 is 0 Å². The first-order valence-corrected chi connectivity index (χ1v) is 14.6. The molecule has 1 aromatic heterocycles. The number of anilines is 1. The molecule has 1 saturated heterocycles. The van der Waals surface area contributed by atoms with Crippen LogP contribution < -0.4 is 4.90 Å². The minimum atomic E-state index is -4.26. The van der Waals surface area contributed by atoms with E-state index in [-0.39, 0.29) is 30.8 Å². The first-order chi connectivity index (χ1) is 18.6. The van der Waals surface area contributed by atoms with E-state index in [0.29, 0.717) is 23.4 Å². The quantitative estimate of drug-likeness (QED) is 0.421. The van der Waals surface area contributed by atoms with Crippen molar-refractivity contribution < 1.29 is 27.1 Å². The number of carbonyl (C=O) groups is 1. The molecule has 2 heterocycles. The lowest BCUT2D eigenvalue weighted by atomic mass is 9.85. The fourth-order valence-electron chi connectivity index (χ4n) is 5.38. The Bertz CT molecular complexity index is 1450. The molecule has 1 aliphatic carbocycles. The van der Waals surface area contributed by atoms with Crippen LogP contribution in [0.2, 0.25) is 0 Å². The molecular weight excluding hydrogens is 524 g/mol. The third kappa shape index (κ3) is 5.53. The van der Waals surface area contributed by atoms with Crippen molar-refractivity contribution in [3.8, 4) is 5.75 Å². The molecule has 3 aromatic rings. The minimum absolute atomic E-state index is 0.0405. The molecule has 1 aliphatic heterocycles. The number of aromatic hydroxyl groups is 1. The van der Waals surface area contributed by atoms with Gasteiger partial charge in [0.1, 0.15) is 11.8 Å². The maximum Gasteiger partial charge on any atom is 0.245 e. The molecule has 7 nitrogen and oxygen atoms in total. The van der Waals surface area contributed by atoms with E-state index < -0.39 is 38.5 Å². The molecule has 0 bridgehead atoms. The van der Waals surface area contributed by atoms with Crippen molar-refractivity contribution in [3.05, 3.63) is 83.2 Å². The lowest BCUT2D eigenvalue weighted by molar-refractivity contribution is -0.125. The topological polar surface area (TPSA) is 90.8 Å². The first kappa shape index (κ1) is 27.2. The molecule has 2 aromatic carbocycles. The highest BCUT2D eigenvalue weighted by atomic mass is 32.2. The summed E-state index contributed by atoms with van der Waals surface area (Å²) in [6.45, 7) is 1.42. The predicted molar refractivity (Wildman–Crippen MR) is 143 cm³/mol. The number of hydrogen-bond donors (Lipinski definition) is 1. The number of sulfonamides is 1. The van der Waals surface area contributed by atoms with E-state index in [1.807, 2.05) is 18.3 Å². The number of phenolic OH excluding ortho intramolecular Hbond substituents is 1. The zero-order valence-electron chi connectivity index (χ0n) is 21.7. The summed E-state index contributed by atoms with van der Waals surface area (Å²) in [5, 5.41) is 10.1. The maximum atomic E-state index is 14.0. The summed E-state index contributed by atoms with van der Waals surface area (Å²) in [6, 6.07) is 10.8. The van der Waals surface area contributed by atoms with Gasteiger partial charge in [-0.1, -0.05) is 31.4 Å². The van der Waals surface area contributed by atoms with Crippen LogP contribution in [0.5, 0.6) is 5.75 Å². The molecule has 1 N–H and O–H groups in total. The van der Waals surface area contributed by atoms with Crippen LogP contribution in [0.4, 0.5) is 14.5 Å². The third-order valence-electron chi connectivity index (χ3n) is 7.70. The smallest absolute Gasteiger partial charge is 0.245 e. The van der Waals surface area contributed by atoms with Crippen LogP contribution in [0.15, 0.2) is 59.6 Å². The van der Waals surface area contributed by atoms with Gasteiger partial charge >= 0.3 is 0 Å². The van der Waals surface area contributed by atoms with Crippen LogP contribution in [0.1, 0.15) is 61.3 Å². The van der Waals surface area contributed by atoms with Gasteiger partial charge in [0.05, 0.1) is 17.1 Å². The molecule has 2 aliphatic rings. The average molecular weight is 556 g/mol. The number of aromatic nitrogens is 1. The fourth-order valence-corrected chi connectivity index (χ4v) is 7.11. The lowest BCUT2D eigenvalue weighted by Crippen LogP contribution is -2.59. The number of carbonyl (C=O) groups excluding carboxylic acids is 1. The van der Waals surface area contributed by atoms with E-state index in [2.05, 4.69) is 4.98 Å². The second-order valence-electron chi connectivity index (χ2n) is 10.3. The van der Waals surface area contributed by atoms with Crippen molar-refractivity contribution in [2.24, 2.45) is 0 Å². The summed E-state index contributed by atoms with van der Waals surface area (Å²) in [5.74, 6) is -2.42. The van der Waals surface area contributed by atoms with Gasteiger partial charge in [-0.05, 0) is 73.6 Å². The normalized spacial score (nSPS) is 18.5. The Hall–Kier alpha value is -3.37. The van der Waals surface area contributed by atoms with Crippen molar-refractivity contribution in [3.63, 3.8) is 0 Å². The van der Waals surface area contributed by atoms with Gasteiger partial charge in [0.2, 0.25) is 15.9 Å². The number of hydrogen-bond acceptors (Lipinski definition) is 5. The van der Waals surface area contributed by atoms with Crippen LogP contribution in [0.25, 0.3) is 0 Å². The molecule has 2 fully saturated rings. The molecule has 5 rings (SSSR count). The van der Waals surface area contributed by atoms with Crippen molar-refractivity contribution in [2.75, 3.05) is 11.4 Å². The van der Waals surface area contributed by atoms with E-state index >= 15 is 0 Å². The molecular formula is C29H31F2N3O4S. The highest BCUT2D eigenvalue weighted by molar-refractivity contribution is 7.89. The number of phenols is 1. The zero-order chi connectivity index (χ0) is 27.7. The molecule has 1 amide bonds. The van der Waals surface area contributed by atoms with Gasteiger partial charge in [-0.2, -0.15) is 4.31 Å². The molecule has 1 atom stereocenters. The Balaban J connectivity index is 1.41. The van der Waals surface area contributed by atoms with Crippen molar-refractivity contribution in [1.82, 2.24) is 9.29 Å². The molecule has 206 valence electrons. The van der Waals surface area contributed by atoms with Crippen LogP contribution in [0, 0.1) is 18.6 Å². The first-order valence-electron chi connectivity index (χ1n) is 13.2. The van der Waals surface area contributed by atoms with Crippen LogP contribution in [-0.2, 0) is 21.4 Å². The third-order valence-corrected chi connectivity index (χ3v) is 9.58. The molecule has 0 unspecified atom stereocenters. The van der Waals surface area contributed by atoms with Crippen molar-refractivity contribution >= 4 is 21.6 Å². The summed E-state index contributed by atoms with van der Waals surface area (Å²) in [4.78, 5) is 19.4. The van der Waals surface area contributed by atoms with E-state index in [4.69, 9.17) is 0 Å². The second-order valence-corrected chi connectivity index (χ2v) is 12.2. The summed E-state index contributed by atoms with van der Waals surface area (Å²) in [6.07, 6.45) is 8.06. The zero-order valence-corrected chi connectivity index (χ0v) is 22.5. The predicted octanol–water partition coefficient (Wildman–Crippen LogP) is 5.42. The maximum absolute atomic E-state index is 14.0. The van der Waals surface area contributed by atoms with Crippen molar-refractivity contribution in [1.29, 1.82) is 0 Å². The largest absolute Gasteiger partial charge is 0.508 e. The number of nitrogens with zero attached hydrogens (tertiary/aromatic N) is 3.